The number of nitrogens with zero attached hydrogens (tertiary/aromatic N) is 1. The van der Waals surface area contributed by atoms with E-state index in [2.05, 4.69) is 10.6 Å². The first-order valence-electron chi connectivity index (χ1n) is 10.2. The maximum absolute atomic E-state index is 13.0. The maximum Gasteiger partial charge on any atom is 0.266 e. The van der Waals surface area contributed by atoms with Gasteiger partial charge in [0.2, 0.25) is 0 Å². The molecule has 6 nitrogen and oxygen atoms in total. The van der Waals surface area contributed by atoms with Crippen LogP contribution in [0.3, 0.4) is 0 Å². The van der Waals surface area contributed by atoms with E-state index in [0.717, 1.165) is 11.1 Å². The Labute approximate surface area is 201 Å². The topological polar surface area (TPSA) is 91.2 Å². The van der Waals surface area contributed by atoms with Crippen LogP contribution in [0.25, 0.3) is 6.08 Å². The zero-order chi connectivity index (χ0) is 24.7. The van der Waals surface area contributed by atoms with Crippen molar-refractivity contribution >= 4 is 40.9 Å². The molecule has 172 valence electrons. The van der Waals surface area contributed by atoms with Gasteiger partial charge in [0.25, 0.3) is 11.8 Å². The molecule has 3 aromatic rings. The molecule has 34 heavy (non-hydrogen) atoms. The van der Waals surface area contributed by atoms with E-state index in [1.54, 1.807) is 12.1 Å². The highest BCUT2D eigenvalue weighted by Crippen LogP contribution is 2.27. The fourth-order valence-electron chi connectivity index (χ4n) is 2.97. The quantitative estimate of drug-likeness (QED) is 0.339. The minimum absolute atomic E-state index is 0.165. The number of rotatable bonds is 7. The third kappa shape index (κ3) is 6.67. The van der Waals surface area contributed by atoms with Gasteiger partial charge in [0, 0.05) is 11.4 Å². The molecule has 0 fully saturated rings. The number of ether oxygens (including phenoxy) is 1. The second kappa shape index (κ2) is 11.1. The third-order valence-corrected chi connectivity index (χ3v) is 5.06. The minimum Gasteiger partial charge on any atom is -0.482 e. The lowest BCUT2D eigenvalue weighted by Crippen LogP contribution is -2.20. The summed E-state index contributed by atoms with van der Waals surface area (Å²) in [6, 6.07) is 17.4. The first-order valence-corrected chi connectivity index (χ1v) is 10.6. The number of nitrogens with one attached hydrogen (secondary N) is 2. The Kier molecular flexibility index (Phi) is 8.01. The average Bonchev–Trinajstić information content (AvgIpc) is 2.80. The highest BCUT2D eigenvalue weighted by molar-refractivity contribution is 6.32. The Balaban J connectivity index is 1.64. The van der Waals surface area contributed by atoms with E-state index >= 15 is 0 Å². The minimum atomic E-state index is -0.645. The molecule has 0 saturated carbocycles. The molecule has 3 rings (SSSR count). The van der Waals surface area contributed by atoms with Crippen molar-refractivity contribution in [2.45, 2.75) is 13.8 Å². The normalized spacial score (nSPS) is 10.9. The molecule has 0 aliphatic rings. The Hall–Kier alpha value is -4.15. The summed E-state index contributed by atoms with van der Waals surface area (Å²) in [4.78, 5) is 24.6. The van der Waals surface area contributed by atoms with Crippen LogP contribution in [0.5, 0.6) is 5.75 Å². The summed E-state index contributed by atoms with van der Waals surface area (Å²) in [5.41, 5.74) is 3.35. The highest BCUT2D eigenvalue weighted by Gasteiger charge is 2.12. The Bertz CT molecular complexity index is 1300. The van der Waals surface area contributed by atoms with Gasteiger partial charge in [-0.3, -0.25) is 9.59 Å². The van der Waals surface area contributed by atoms with Gasteiger partial charge in [-0.25, -0.2) is 4.39 Å². The third-order valence-electron chi connectivity index (χ3n) is 4.76. The van der Waals surface area contributed by atoms with Crippen molar-refractivity contribution in [3.8, 4) is 11.8 Å². The first-order chi connectivity index (χ1) is 16.2. The smallest absolute Gasteiger partial charge is 0.266 e. The second-order valence-corrected chi connectivity index (χ2v) is 7.88. The molecule has 3 aromatic carbocycles. The molecule has 0 aliphatic heterocycles. The molecule has 0 spiro atoms. The van der Waals surface area contributed by atoms with Crippen LogP contribution in [-0.4, -0.2) is 18.4 Å². The molecule has 2 N–H and O–H groups in total. The molecule has 0 bridgehead atoms. The number of carbonyl (C=O) groups is 2. The van der Waals surface area contributed by atoms with Crippen molar-refractivity contribution in [2.75, 3.05) is 17.2 Å². The van der Waals surface area contributed by atoms with Crippen molar-refractivity contribution in [2.24, 2.45) is 0 Å². The summed E-state index contributed by atoms with van der Waals surface area (Å²) in [6.45, 7) is 3.59. The standard InChI is InChI=1S/C26H21ClFN3O3/c1-16-3-4-17(2)23(11-16)31-25(32)15-34-24-10-5-18(13-22(24)27)12-19(14-29)26(33)30-21-8-6-20(28)7-9-21/h3-13H,15H2,1-2H3,(H,30,33)(H,31,32)/b19-12+. The van der Waals surface area contributed by atoms with Gasteiger partial charge in [-0.1, -0.05) is 29.8 Å². The van der Waals surface area contributed by atoms with Crippen LogP contribution in [0, 0.1) is 31.0 Å². The highest BCUT2D eigenvalue weighted by atomic mass is 35.5. The number of hydrogen-bond donors (Lipinski definition) is 2. The largest absolute Gasteiger partial charge is 0.482 e. The summed E-state index contributed by atoms with van der Waals surface area (Å²) in [7, 11) is 0. The van der Waals surface area contributed by atoms with E-state index in [4.69, 9.17) is 16.3 Å². The van der Waals surface area contributed by atoms with Gasteiger partial charge in [0.05, 0.1) is 5.02 Å². The van der Waals surface area contributed by atoms with E-state index in [9.17, 15) is 19.2 Å². The Morgan fingerprint density at radius 3 is 2.47 bits per heavy atom. The van der Waals surface area contributed by atoms with Crippen molar-refractivity contribution < 1.29 is 18.7 Å². The summed E-state index contributed by atoms with van der Waals surface area (Å²) in [6.07, 6.45) is 1.36. The molecular formula is C26H21ClFN3O3. The van der Waals surface area contributed by atoms with Crippen LogP contribution in [-0.2, 0) is 9.59 Å². The lowest BCUT2D eigenvalue weighted by Gasteiger charge is -2.11. The molecular weight excluding hydrogens is 457 g/mol. The lowest BCUT2D eigenvalue weighted by atomic mass is 10.1. The molecule has 0 unspecified atom stereocenters. The summed E-state index contributed by atoms with van der Waals surface area (Å²) in [5, 5.41) is 14.9. The summed E-state index contributed by atoms with van der Waals surface area (Å²) in [5.74, 6) is -1.13. The Morgan fingerprint density at radius 1 is 1.06 bits per heavy atom. The molecule has 0 atom stereocenters. The van der Waals surface area contributed by atoms with Crippen LogP contribution >= 0.6 is 11.6 Å². The van der Waals surface area contributed by atoms with Gasteiger partial charge >= 0.3 is 0 Å². The van der Waals surface area contributed by atoms with E-state index in [1.165, 1.54) is 36.4 Å². The first kappa shape index (κ1) is 24.5. The lowest BCUT2D eigenvalue weighted by molar-refractivity contribution is -0.118. The zero-order valence-corrected chi connectivity index (χ0v) is 19.2. The monoisotopic (exact) mass is 477 g/mol. The van der Waals surface area contributed by atoms with Crippen molar-refractivity contribution in [3.63, 3.8) is 0 Å². The number of carbonyl (C=O) groups excluding carboxylic acids is 2. The summed E-state index contributed by atoms with van der Waals surface area (Å²) < 4.78 is 18.5. The maximum atomic E-state index is 13.0. The fourth-order valence-corrected chi connectivity index (χ4v) is 3.21. The SMILES string of the molecule is Cc1ccc(C)c(NC(=O)COc2ccc(/C=C(\C#N)C(=O)Nc3ccc(F)cc3)cc2Cl)c1. The average molecular weight is 478 g/mol. The second-order valence-electron chi connectivity index (χ2n) is 7.48. The van der Waals surface area contributed by atoms with Gasteiger partial charge < -0.3 is 15.4 Å². The van der Waals surface area contributed by atoms with E-state index in [1.807, 2.05) is 38.1 Å². The Morgan fingerprint density at radius 2 is 1.79 bits per heavy atom. The van der Waals surface area contributed by atoms with Crippen LogP contribution in [0.2, 0.25) is 5.02 Å². The zero-order valence-electron chi connectivity index (χ0n) is 18.5. The summed E-state index contributed by atoms with van der Waals surface area (Å²) >= 11 is 6.26. The van der Waals surface area contributed by atoms with E-state index in [0.29, 0.717) is 16.9 Å². The molecule has 8 heteroatoms. The number of nitriles is 1. The number of aryl methyl sites for hydroxylation is 2. The molecule has 2 amide bonds. The molecule has 0 aromatic heterocycles. The number of halogens is 2. The van der Waals surface area contributed by atoms with Crippen LogP contribution in [0.1, 0.15) is 16.7 Å². The molecule has 0 heterocycles. The van der Waals surface area contributed by atoms with Gasteiger partial charge in [-0.15, -0.1) is 0 Å². The predicted molar refractivity (Wildman–Crippen MR) is 130 cm³/mol. The van der Waals surface area contributed by atoms with Gasteiger partial charge in [0.15, 0.2) is 6.61 Å². The van der Waals surface area contributed by atoms with Crippen molar-refractivity contribution in [1.29, 1.82) is 5.26 Å². The van der Waals surface area contributed by atoms with Crippen molar-refractivity contribution in [1.82, 2.24) is 0 Å². The van der Waals surface area contributed by atoms with Crippen LogP contribution in [0.4, 0.5) is 15.8 Å². The molecule has 0 saturated heterocycles. The fraction of sp³-hybridized carbons (Fsp3) is 0.115. The van der Waals surface area contributed by atoms with Crippen LogP contribution < -0.4 is 15.4 Å². The predicted octanol–water partition coefficient (Wildman–Crippen LogP) is 5.66. The number of anilines is 2. The van der Waals surface area contributed by atoms with E-state index < -0.39 is 11.7 Å². The van der Waals surface area contributed by atoms with Gasteiger partial charge in [0.1, 0.15) is 23.2 Å². The number of benzene rings is 3. The van der Waals surface area contributed by atoms with E-state index in [-0.39, 0.29) is 28.9 Å². The molecule has 0 radical (unpaired) electrons. The number of amides is 2. The van der Waals surface area contributed by atoms with Gasteiger partial charge in [-0.05, 0) is 79.1 Å². The number of hydrogen-bond acceptors (Lipinski definition) is 4. The van der Waals surface area contributed by atoms with Crippen LogP contribution in [0.15, 0.2) is 66.2 Å². The van der Waals surface area contributed by atoms with Gasteiger partial charge in [-0.2, -0.15) is 5.26 Å². The molecule has 0 aliphatic carbocycles. The van der Waals surface area contributed by atoms with Crippen molar-refractivity contribution in [3.05, 3.63) is 93.8 Å².